The lowest BCUT2D eigenvalue weighted by Gasteiger charge is -2.43. The average molecular weight is 407 g/mol. The van der Waals surface area contributed by atoms with Crippen LogP contribution in [-0.2, 0) is 4.79 Å². The van der Waals surface area contributed by atoms with Crippen LogP contribution in [0.3, 0.4) is 0 Å². The fraction of sp³-hybridized carbons (Fsp3) is 0.600. The molecule has 2 unspecified atom stereocenters. The molecule has 0 N–H and O–H groups in total. The molecular formula is C25H34N4O. The Kier molecular flexibility index (Phi) is 5.40. The van der Waals surface area contributed by atoms with Crippen molar-refractivity contribution < 1.29 is 4.79 Å². The van der Waals surface area contributed by atoms with Crippen molar-refractivity contribution >= 4 is 11.9 Å². The molecule has 5 nitrogen and oxygen atoms in total. The van der Waals surface area contributed by atoms with E-state index in [0.29, 0.717) is 18.4 Å². The summed E-state index contributed by atoms with van der Waals surface area (Å²) in [5.41, 5.74) is 5.03. The van der Waals surface area contributed by atoms with Crippen molar-refractivity contribution in [2.75, 3.05) is 39.3 Å². The summed E-state index contributed by atoms with van der Waals surface area (Å²) < 4.78 is 0. The number of carbonyl (C=O) groups is 1. The number of nitrogens with zero attached hydrogens (tertiary/aromatic N) is 4. The van der Waals surface area contributed by atoms with Crippen molar-refractivity contribution in [1.82, 2.24) is 14.7 Å². The molecule has 0 spiro atoms. The molecule has 2 atom stereocenters. The number of hydrogen-bond acceptors (Lipinski definition) is 4. The molecule has 160 valence electrons. The number of aliphatic imine (C=N–C) groups is 1. The van der Waals surface area contributed by atoms with Gasteiger partial charge < -0.3 is 4.90 Å². The van der Waals surface area contributed by atoms with Gasteiger partial charge in [-0.15, -0.1) is 0 Å². The summed E-state index contributed by atoms with van der Waals surface area (Å²) in [5, 5.41) is 0. The van der Waals surface area contributed by atoms with E-state index < -0.39 is 0 Å². The molecule has 0 aromatic carbocycles. The monoisotopic (exact) mass is 406 g/mol. The van der Waals surface area contributed by atoms with E-state index in [0.717, 1.165) is 63.5 Å². The lowest BCUT2D eigenvalue weighted by molar-refractivity contribution is -0.124. The van der Waals surface area contributed by atoms with E-state index >= 15 is 0 Å². The quantitative estimate of drug-likeness (QED) is 0.668. The Hall–Kier alpha value is -2.14. The van der Waals surface area contributed by atoms with Crippen LogP contribution in [0.5, 0.6) is 0 Å². The van der Waals surface area contributed by atoms with Crippen LogP contribution in [0.1, 0.15) is 46.0 Å². The van der Waals surface area contributed by atoms with Crippen LogP contribution < -0.4 is 0 Å². The summed E-state index contributed by atoms with van der Waals surface area (Å²) in [7, 11) is 0. The Morgan fingerprint density at radius 3 is 2.87 bits per heavy atom. The molecule has 0 aromatic rings. The number of fused-ring (bicyclic) bond motifs is 2. The van der Waals surface area contributed by atoms with E-state index in [1.54, 1.807) is 0 Å². The normalized spacial score (nSPS) is 29.5. The van der Waals surface area contributed by atoms with Crippen LogP contribution >= 0.6 is 0 Å². The number of hydrogen-bond donors (Lipinski definition) is 0. The number of carbonyl (C=O) groups excluding carboxylic acids is 1. The SMILES string of the molecule is CC1C=C(CN2C(=O)C3=C(CCN(CC4=CCCC=C4)C3)N3CCN=C23)C(C)CC1. The second kappa shape index (κ2) is 8.18. The maximum Gasteiger partial charge on any atom is 0.259 e. The molecule has 0 bridgehead atoms. The third-order valence-electron chi connectivity index (χ3n) is 7.29. The van der Waals surface area contributed by atoms with Gasteiger partial charge in [0.25, 0.3) is 5.91 Å². The second-order valence-electron chi connectivity index (χ2n) is 9.57. The van der Waals surface area contributed by atoms with E-state index in [1.807, 2.05) is 4.90 Å². The Morgan fingerprint density at radius 2 is 2.03 bits per heavy atom. The molecule has 5 rings (SSSR count). The molecule has 5 heteroatoms. The Labute approximate surface area is 180 Å². The summed E-state index contributed by atoms with van der Waals surface area (Å²) >= 11 is 0. The van der Waals surface area contributed by atoms with Crippen LogP contribution in [0.4, 0.5) is 0 Å². The first-order valence-electron chi connectivity index (χ1n) is 11.7. The van der Waals surface area contributed by atoms with E-state index in [4.69, 9.17) is 4.99 Å². The van der Waals surface area contributed by atoms with Crippen molar-refractivity contribution in [2.24, 2.45) is 16.8 Å². The van der Waals surface area contributed by atoms with Crippen molar-refractivity contribution in [3.8, 4) is 0 Å². The summed E-state index contributed by atoms with van der Waals surface area (Å²) in [6.45, 7) is 9.71. The minimum atomic E-state index is 0.186. The third-order valence-corrected chi connectivity index (χ3v) is 7.29. The minimum absolute atomic E-state index is 0.186. The topological polar surface area (TPSA) is 39.2 Å². The third kappa shape index (κ3) is 3.68. The Morgan fingerprint density at radius 1 is 1.13 bits per heavy atom. The molecule has 0 saturated carbocycles. The van der Waals surface area contributed by atoms with E-state index in [2.05, 4.69) is 48.0 Å². The fourth-order valence-electron chi connectivity index (χ4n) is 5.50. The highest BCUT2D eigenvalue weighted by Gasteiger charge is 2.41. The van der Waals surface area contributed by atoms with Gasteiger partial charge in [-0.1, -0.05) is 43.7 Å². The maximum absolute atomic E-state index is 13.7. The van der Waals surface area contributed by atoms with Gasteiger partial charge in [0, 0.05) is 38.3 Å². The van der Waals surface area contributed by atoms with Crippen molar-refractivity contribution in [2.45, 2.75) is 46.0 Å². The number of amides is 1. The second-order valence-corrected chi connectivity index (χ2v) is 9.57. The van der Waals surface area contributed by atoms with Gasteiger partial charge in [-0.25, -0.2) is 0 Å². The summed E-state index contributed by atoms with van der Waals surface area (Å²) in [6.07, 6.45) is 15.0. The fourth-order valence-corrected chi connectivity index (χ4v) is 5.50. The minimum Gasteiger partial charge on any atom is -0.314 e. The number of rotatable bonds is 4. The maximum atomic E-state index is 13.7. The van der Waals surface area contributed by atoms with Crippen molar-refractivity contribution in [3.05, 3.63) is 46.7 Å². The highest BCUT2D eigenvalue weighted by Crippen LogP contribution is 2.34. The Bertz CT molecular complexity index is 878. The summed E-state index contributed by atoms with van der Waals surface area (Å²) in [6, 6.07) is 0. The molecule has 1 amide bonds. The first-order chi connectivity index (χ1) is 14.6. The first kappa shape index (κ1) is 19.8. The smallest absolute Gasteiger partial charge is 0.259 e. The number of guanidine groups is 1. The van der Waals surface area contributed by atoms with Crippen molar-refractivity contribution in [1.29, 1.82) is 0 Å². The molecule has 0 fully saturated rings. The van der Waals surface area contributed by atoms with Crippen molar-refractivity contribution in [3.63, 3.8) is 0 Å². The highest BCUT2D eigenvalue weighted by molar-refractivity contribution is 6.10. The van der Waals surface area contributed by atoms with Gasteiger partial charge in [0.05, 0.1) is 18.7 Å². The first-order valence-corrected chi connectivity index (χ1v) is 11.7. The van der Waals surface area contributed by atoms with E-state index in [1.165, 1.54) is 29.7 Å². The van der Waals surface area contributed by atoms with Gasteiger partial charge in [0.2, 0.25) is 5.96 Å². The summed E-state index contributed by atoms with van der Waals surface area (Å²) in [4.78, 5) is 25.2. The average Bonchev–Trinajstić information content (AvgIpc) is 3.24. The largest absolute Gasteiger partial charge is 0.314 e. The summed E-state index contributed by atoms with van der Waals surface area (Å²) in [5.74, 6) is 2.24. The standard InChI is InChI=1S/C25H34N4O/c1-18-8-9-19(2)21(14-18)16-29-24(30)22-17-27(15-20-6-4-3-5-7-20)12-10-23(22)28-13-11-26-25(28)29/h4,6-7,14,18-19H,3,5,8-13,15-17H2,1-2H3. The van der Waals surface area contributed by atoms with Crippen LogP contribution in [0.15, 0.2) is 51.7 Å². The van der Waals surface area contributed by atoms with Gasteiger partial charge in [-0.05, 0) is 43.1 Å². The van der Waals surface area contributed by atoms with Crippen LogP contribution in [0, 0.1) is 11.8 Å². The lowest BCUT2D eigenvalue weighted by Crippen LogP contribution is -2.55. The van der Waals surface area contributed by atoms with Gasteiger partial charge in [-0.3, -0.25) is 19.6 Å². The molecule has 5 aliphatic rings. The lowest BCUT2D eigenvalue weighted by atomic mass is 9.84. The molecule has 30 heavy (non-hydrogen) atoms. The molecule has 0 aromatic heterocycles. The van der Waals surface area contributed by atoms with Crippen LogP contribution in [0.25, 0.3) is 0 Å². The molecule has 3 heterocycles. The van der Waals surface area contributed by atoms with Gasteiger partial charge in [0.15, 0.2) is 0 Å². The van der Waals surface area contributed by atoms with E-state index in [9.17, 15) is 4.79 Å². The number of allylic oxidation sites excluding steroid dienone is 3. The molecule has 0 saturated heterocycles. The van der Waals surface area contributed by atoms with Gasteiger partial charge in [-0.2, -0.15) is 0 Å². The zero-order chi connectivity index (χ0) is 20.7. The zero-order valence-electron chi connectivity index (χ0n) is 18.4. The Balaban J connectivity index is 1.38. The van der Waals surface area contributed by atoms with Gasteiger partial charge >= 0.3 is 0 Å². The predicted molar refractivity (Wildman–Crippen MR) is 121 cm³/mol. The molecular weight excluding hydrogens is 372 g/mol. The van der Waals surface area contributed by atoms with Gasteiger partial charge in [0.1, 0.15) is 0 Å². The highest BCUT2D eigenvalue weighted by atomic mass is 16.2. The van der Waals surface area contributed by atoms with Crippen LogP contribution in [-0.4, -0.2) is 65.8 Å². The molecule has 2 aliphatic carbocycles. The molecule has 0 radical (unpaired) electrons. The predicted octanol–water partition coefficient (Wildman–Crippen LogP) is 3.73. The zero-order valence-corrected chi connectivity index (χ0v) is 18.4. The van der Waals surface area contributed by atoms with E-state index in [-0.39, 0.29) is 5.91 Å². The molecule has 3 aliphatic heterocycles. The van der Waals surface area contributed by atoms with Crippen LogP contribution in [0.2, 0.25) is 0 Å².